The van der Waals surface area contributed by atoms with E-state index in [9.17, 15) is 9.59 Å². The van der Waals surface area contributed by atoms with Crippen LogP contribution in [0.2, 0.25) is 0 Å². The highest BCUT2D eigenvalue weighted by Gasteiger charge is 2.24. The largest absolute Gasteiger partial charge is 0.351 e. The molecular formula is C19H19N3O2S. The lowest BCUT2D eigenvalue weighted by atomic mass is 10.2. The van der Waals surface area contributed by atoms with Crippen molar-refractivity contribution in [1.82, 2.24) is 14.8 Å². The van der Waals surface area contributed by atoms with Gasteiger partial charge in [0.2, 0.25) is 0 Å². The topological polar surface area (TPSA) is 56.4 Å². The van der Waals surface area contributed by atoms with Crippen LogP contribution in [-0.4, -0.2) is 59.2 Å². The van der Waals surface area contributed by atoms with Crippen molar-refractivity contribution >= 4 is 33.9 Å². The van der Waals surface area contributed by atoms with Crippen molar-refractivity contribution in [1.29, 1.82) is 0 Å². The number of H-pyrrole nitrogens is 1. The molecule has 2 aromatic heterocycles. The summed E-state index contributed by atoms with van der Waals surface area (Å²) in [5, 5.41) is 2.97. The van der Waals surface area contributed by atoms with Crippen LogP contribution >= 0.6 is 11.3 Å². The lowest BCUT2D eigenvalue weighted by molar-refractivity contribution is 0.0620. The zero-order valence-corrected chi connectivity index (χ0v) is 14.6. The van der Waals surface area contributed by atoms with E-state index in [0.717, 1.165) is 28.9 Å². The van der Waals surface area contributed by atoms with Crippen LogP contribution in [0.4, 0.5) is 0 Å². The van der Waals surface area contributed by atoms with Crippen LogP contribution in [0.25, 0.3) is 10.9 Å². The maximum absolute atomic E-state index is 12.7. The first kappa shape index (κ1) is 16.1. The summed E-state index contributed by atoms with van der Waals surface area (Å²) in [6.07, 6.45) is 0. The van der Waals surface area contributed by atoms with E-state index in [1.54, 1.807) is 0 Å². The number of hydrogen-bond acceptors (Lipinski definition) is 4. The predicted octanol–water partition coefficient (Wildman–Crippen LogP) is 2.87. The Kier molecular flexibility index (Phi) is 4.38. The number of hydrogen-bond donors (Lipinski definition) is 1. The van der Waals surface area contributed by atoms with Gasteiger partial charge in [0.05, 0.1) is 11.4 Å². The lowest BCUT2D eigenvalue weighted by Gasteiger charge is -2.34. The normalized spacial score (nSPS) is 15.6. The summed E-state index contributed by atoms with van der Waals surface area (Å²) in [7, 11) is 0. The molecule has 6 heteroatoms. The third-order valence-corrected chi connectivity index (χ3v) is 5.49. The van der Waals surface area contributed by atoms with Gasteiger partial charge in [-0.15, -0.1) is 11.3 Å². The predicted molar refractivity (Wildman–Crippen MR) is 99.3 cm³/mol. The number of para-hydroxylation sites is 1. The Bertz CT molecular complexity index is 859. The number of aromatic amines is 1. The van der Waals surface area contributed by atoms with Gasteiger partial charge in [-0.3, -0.25) is 14.5 Å². The second-order valence-corrected chi connectivity index (χ2v) is 7.19. The number of rotatable bonds is 4. The van der Waals surface area contributed by atoms with Crippen molar-refractivity contribution in [3.8, 4) is 0 Å². The number of carbonyl (C=O) groups is 2. The molecule has 1 aliphatic heterocycles. The van der Waals surface area contributed by atoms with Gasteiger partial charge < -0.3 is 9.88 Å². The highest BCUT2D eigenvalue weighted by molar-refractivity contribution is 7.12. The summed E-state index contributed by atoms with van der Waals surface area (Å²) >= 11 is 1.48. The molecule has 0 saturated carbocycles. The molecule has 3 aromatic rings. The average molecular weight is 353 g/mol. The minimum Gasteiger partial charge on any atom is -0.351 e. The summed E-state index contributed by atoms with van der Waals surface area (Å²) in [5.74, 6) is 0.186. The van der Waals surface area contributed by atoms with Crippen LogP contribution in [0.15, 0.2) is 47.8 Å². The fraction of sp³-hybridized carbons (Fsp3) is 0.263. The molecule has 4 rings (SSSR count). The van der Waals surface area contributed by atoms with Crippen molar-refractivity contribution in [2.75, 3.05) is 32.7 Å². The summed E-state index contributed by atoms with van der Waals surface area (Å²) in [6, 6.07) is 13.6. The maximum Gasteiger partial charge on any atom is 0.270 e. The van der Waals surface area contributed by atoms with E-state index in [1.165, 1.54) is 11.3 Å². The van der Waals surface area contributed by atoms with Gasteiger partial charge in [-0.2, -0.15) is 0 Å². The molecule has 0 atom stereocenters. The monoisotopic (exact) mass is 353 g/mol. The number of piperazine rings is 1. The van der Waals surface area contributed by atoms with E-state index in [-0.39, 0.29) is 11.7 Å². The quantitative estimate of drug-likeness (QED) is 0.734. The van der Waals surface area contributed by atoms with Crippen LogP contribution in [0.1, 0.15) is 20.2 Å². The molecule has 128 valence electrons. The molecule has 0 bridgehead atoms. The summed E-state index contributed by atoms with van der Waals surface area (Å²) in [6.45, 7) is 3.17. The van der Waals surface area contributed by atoms with Crippen molar-refractivity contribution in [2.24, 2.45) is 0 Å². The minimum absolute atomic E-state index is 0.0282. The first-order valence-corrected chi connectivity index (χ1v) is 9.25. The van der Waals surface area contributed by atoms with Crippen LogP contribution in [-0.2, 0) is 0 Å². The number of amides is 1. The van der Waals surface area contributed by atoms with Gasteiger partial charge in [-0.25, -0.2) is 0 Å². The number of nitrogens with one attached hydrogen (secondary N) is 1. The molecule has 3 heterocycles. The first-order valence-electron chi connectivity index (χ1n) is 8.37. The second kappa shape index (κ2) is 6.82. The van der Waals surface area contributed by atoms with Gasteiger partial charge in [-0.1, -0.05) is 24.3 Å². The van der Waals surface area contributed by atoms with E-state index in [0.29, 0.717) is 25.3 Å². The summed E-state index contributed by atoms with van der Waals surface area (Å²) in [4.78, 5) is 32.9. The molecule has 1 N–H and O–H groups in total. The fourth-order valence-corrected chi connectivity index (χ4v) is 3.84. The van der Waals surface area contributed by atoms with Gasteiger partial charge in [-0.05, 0) is 23.6 Å². The smallest absolute Gasteiger partial charge is 0.270 e. The van der Waals surface area contributed by atoms with E-state index in [4.69, 9.17) is 0 Å². The van der Waals surface area contributed by atoms with Gasteiger partial charge in [0, 0.05) is 37.1 Å². The molecule has 1 amide bonds. The zero-order chi connectivity index (χ0) is 17.2. The van der Waals surface area contributed by atoms with Gasteiger partial charge in [0.25, 0.3) is 5.91 Å². The molecule has 1 saturated heterocycles. The average Bonchev–Trinajstić information content (AvgIpc) is 3.31. The number of aromatic nitrogens is 1. The maximum atomic E-state index is 12.7. The molecule has 1 aromatic carbocycles. The Hall–Kier alpha value is -2.44. The Morgan fingerprint density at radius 3 is 2.56 bits per heavy atom. The number of fused-ring (bicyclic) bond motifs is 1. The molecule has 1 fully saturated rings. The third-order valence-electron chi connectivity index (χ3n) is 4.58. The molecule has 0 spiro atoms. The highest BCUT2D eigenvalue weighted by Crippen LogP contribution is 2.17. The van der Waals surface area contributed by atoms with Crippen molar-refractivity contribution in [3.63, 3.8) is 0 Å². The van der Waals surface area contributed by atoms with Gasteiger partial charge in [0.15, 0.2) is 5.78 Å². The highest BCUT2D eigenvalue weighted by atomic mass is 32.1. The number of ketones is 1. The summed E-state index contributed by atoms with van der Waals surface area (Å²) < 4.78 is 0. The van der Waals surface area contributed by atoms with Gasteiger partial charge >= 0.3 is 0 Å². The van der Waals surface area contributed by atoms with E-state index >= 15 is 0 Å². The zero-order valence-electron chi connectivity index (χ0n) is 13.8. The Morgan fingerprint density at radius 2 is 1.84 bits per heavy atom. The number of benzene rings is 1. The number of nitrogens with zero attached hydrogens (tertiary/aromatic N) is 2. The molecule has 0 aliphatic carbocycles. The molecular weight excluding hydrogens is 334 g/mol. The number of thiophene rings is 1. The van der Waals surface area contributed by atoms with Crippen LogP contribution < -0.4 is 0 Å². The Labute approximate surface area is 149 Å². The SMILES string of the molecule is O=C(CN1CCN(C(=O)c2cc3ccccc3[nH]2)CC1)c1cccs1. The molecule has 0 radical (unpaired) electrons. The van der Waals surface area contributed by atoms with E-state index < -0.39 is 0 Å². The second-order valence-electron chi connectivity index (χ2n) is 6.24. The van der Waals surface area contributed by atoms with Crippen LogP contribution in [0.3, 0.4) is 0 Å². The van der Waals surface area contributed by atoms with Gasteiger partial charge in [0.1, 0.15) is 5.69 Å². The van der Waals surface area contributed by atoms with Crippen molar-refractivity contribution < 1.29 is 9.59 Å². The minimum atomic E-state index is 0.0282. The Morgan fingerprint density at radius 1 is 1.04 bits per heavy atom. The van der Waals surface area contributed by atoms with Crippen LogP contribution in [0, 0.1) is 0 Å². The third kappa shape index (κ3) is 3.36. The first-order chi connectivity index (χ1) is 12.2. The summed E-state index contributed by atoms with van der Waals surface area (Å²) in [5.41, 5.74) is 1.61. The van der Waals surface area contributed by atoms with Crippen molar-refractivity contribution in [3.05, 3.63) is 58.4 Å². The van der Waals surface area contributed by atoms with E-state index in [1.807, 2.05) is 52.7 Å². The molecule has 25 heavy (non-hydrogen) atoms. The van der Waals surface area contributed by atoms with Crippen molar-refractivity contribution in [2.45, 2.75) is 0 Å². The Balaban J connectivity index is 1.36. The lowest BCUT2D eigenvalue weighted by Crippen LogP contribution is -2.49. The van der Waals surface area contributed by atoms with Crippen LogP contribution in [0.5, 0.6) is 0 Å². The number of carbonyl (C=O) groups excluding carboxylic acids is 2. The van der Waals surface area contributed by atoms with E-state index in [2.05, 4.69) is 9.88 Å². The molecule has 1 aliphatic rings. The standard InChI is InChI=1S/C19H19N3O2S/c23-17(18-6-3-11-25-18)13-21-7-9-22(10-8-21)19(24)16-12-14-4-1-2-5-15(14)20-16/h1-6,11-12,20H,7-10,13H2. The molecule has 5 nitrogen and oxygen atoms in total. The number of Topliss-reactive ketones (excluding diaryl/α,β-unsaturated/α-hetero) is 1. The fourth-order valence-electron chi connectivity index (χ4n) is 3.19. The molecule has 0 unspecified atom stereocenters.